The van der Waals surface area contributed by atoms with Crippen LogP contribution in [0.25, 0.3) is 11.3 Å². The molecule has 30 heavy (non-hydrogen) atoms. The number of benzene rings is 1. The third-order valence-corrected chi connectivity index (χ3v) is 5.92. The smallest absolute Gasteiger partial charge is 0.407 e. The van der Waals surface area contributed by atoms with Crippen molar-refractivity contribution in [3.05, 3.63) is 35.6 Å². The molecule has 1 aliphatic carbocycles. The van der Waals surface area contributed by atoms with Gasteiger partial charge in [0, 0.05) is 30.8 Å². The topological polar surface area (TPSA) is 119 Å². The number of nitrogen functional groups attached to an aromatic ring is 1. The van der Waals surface area contributed by atoms with Gasteiger partial charge in [-0.1, -0.05) is 6.07 Å². The summed E-state index contributed by atoms with van der Waals surface area (Å²) < 4.78 is 14.1. The summed E-state index contributed by atoms with van der Waals surface area (Å²) in [5.41, 5.74) is 6.84. The second kappa shape index (κ2) is 8.14. The first kappa shape index (κ1) is 19.9. The lowest BCUT2D eigenvalue weighted by Gasteiger charge is -2.44. The zero-order chi connectivity index (χ0) is 21.3. The van der Waals surface area contributed by atoms with E-state index >= 15 is 0 Å². The molecule has 1 amide bonds. The van der Waals surface area contributed by atoms with Crippen LogP contribution in [-0.4, -0.2) is 51.2 Å². The third kappa shape index (κ3) is 3.85. The molecule has 1 saturated carbocycles. The summed E-state index contributed by atoms with van der Waals surface area (Å²) in [6.45, 7) is 1.26. The van der Waals surface area contributed by atoms with Crippen molar-refractivity contribution in [1.29, 1.82) is 5.26 Å². The molecule has 2 fully saturated rings. The van der Waals surface area contributed by atoms with E-state index in [4.69, 9.17) is 11.0 Å². The Morgan fingerprint density at radius 3 is 2.63 bits per heavy atom. The maximum absolute atomic E-state index is 14.1. The minimum Gasteiger partial charge on any atom is -0.465 e. The molecule has 2 aliphatic rings. The predicted molar refractivity (Wildman–Crippen MR) is 109 cm³/mol. The summed E-state index contributed by atoms with van der Waals surface area (Å²) in [6, 6.07) is 7.80. The van der Waals surface area contributed by atoms with Crippen LogP contribution in [0.1, 0.15) is 37.7 Å². The lowest BCUT2D eigenvalue weighted by molar-refractivity contribution is 0.0639. The average Bonchev–Trinajstić information content (AvgIpc) is 2.70. The van der Waals surface area contributed by atoms with Crippen LogP contribution in [0.15, 0.2) is 24.3 Å². The van der Waals surface area contributed by atoms with Gasteiger partial charge in [0.1, 0.15) is 17.7 Å². The highest BCUT2D eigenvalue weighted by Gasteiger charge is 2.36. The van der Waals surface area contributed by atoms with Gasteiger partial charge in [0.15, 0.2) is 0 Å². The second-order valence-corrected chi connectivity index (χ2v) is 7.79. The van der Waals surface area contributed by atoms with Crippen molar-refractivity contribution in [2.45, 2.75) is 44.2 Å². The molecule has 2 heterocycles. The van der Waals surface area contributed by atoms with Gasteiger partial charge >= 0.3 is 6.09 Å². The predicted octanol–water partition coefficient (Wildman–Crippen LogP) is 3.24. The number of aromatic nitrogens is 2. The third-order valence-electron chi connectivity index (χ3n) is 5.92. The molecule has 156 valence electrons. The van der Waals surface area contributed by atoms with E-state index in [0.717, 1.165) is 38.6 Å². The Balaban J connectivity index is 1.60. The van der Waals surface area contributed by atoms with E-state index in [9.17, 15) is 14.3 Å². The number of carbonyl (C=O) groups is 1. The summed E-state index contributed by atoms with van der Waals surface area (Å²) in [5, 5.41) is 18.6. The van der Waals surface area contributed by atoms with Gasteiger partial charge in [0.2, 0.25) is 5.95 Å². The van der Waals surface area contributed by atoms with Gasteiger partial charge in [-0.3, -0.25) is 0 Å². The average molecular weight is 410 g/mol. The number of amides is 1. The highest BCUT2D eigenvalue weighted by molar-refractivity contribution is 5.67. The summed E-state index contributed by atoms with van der Waals surface area (Å²) in [5.74, 6) is 0.0266. The van der Waals surface area contributed by atoms with E-state index in [1.807, 2.05) is 4.90 Å². The lowest BCUT2D eigenvalue weighted by atomic mass is 9.89. The number of halogens is 1. The quantitative estimate of drug-likeness (QED) is 0.794. The Hall–Kier alpha value is -3.41. The van der Waals surface area contributed by atoms with E-state index in [-0.39, 0.29) is 23.6 Å². The van der Waals surface area contributed by atoms with Crippen molar-refractivity contribution >= 4 is 17.9 Å². The molecule has 0 bridgehead atoms. The van der Waals surface area contributed by atoms with Crippen LogP contribution in [-0.2, 0) is 0 Å². The van der Waals surface area contributed by atoms with E-state index in [1.165, 1.54) is 12.1 Å². The molecule has 1 atom stereocenters. The number of nitrogens with zero attached hydrogens (tertiary/aromatic N) is 5. The molecule has 9 heteroatoms. The van der Waals surface area contributed by atoms with Crippen LogP contribution in [0.4, 0.5) is 21.0 Å². The summed E-state index contributed by atoms with van der Waals surface area (Å²) in [7, 11) is 0. The van der Waals surface area contributed by atoms with Crippen LogP contribution >= 0.6 is 0 Å². The first-order chi connectivity index (χ1) is 14.5. The highest BCUT2D eigenvalue weighted by atomic mass is 19.1. The minimum absolute atomic E-state index is 0.0374. The Labute approximate surface area is 173 Å². The molecule has 1 aliphatic heterocycles. The molecule has 0 unspecified atom stereocenters. The summed E-state index contributed by atoms with van der Waals surface area (Å²) in [6.07, 6.45) is 3.68. The Bertz CT molecular complexity index is 1000. The highest BCUT2D eigenvalue weighted by Crippen LogP contribution is 2.31. The Kier molecular flexibility index (Phi) is 5.40. The van der Waals surface area contributed by atoms with Crippen LogP contribution < -0.4 is 10.6 Å². The second-order valence-electron chi connectivity index (χ2n) is 7.79. The van der Waals surface area contributed by atoms with Crippen molar-refractivity contribution < 1.29 is 14.3 Å². The van der Waals surface area contributed by atoms with Crippen LogP contribution in [0, 0.1) is 17.1 Å². The van der Waals surface area contributed by atoms with Gasteiger partial charge in [-0.05, 0) is 44.2 Å². The number of piperidine rings is 1. The number of carboxylic acid groups (broad SMARTS) is 1. The van der Waals surface area contributed by atoms with Gasteiger partial charge in [0.05, 0.1) is 17.3 Å². The normalized spacial score (nSPS) is 19.1. The molecule has 4 rings (SSSR count). The number of anilines is 2. The van der Waals surface area contributed by atoms with Crippen LogP contribution in [0.5, 0.6) is 0 Å². The van der Waals surface area contributed by atoms with E-state index in [1.54, 1.807) is 23.1 Å². The zero-order valence-electron chi connectivity index (χ0n) is 16.5. The van der Waals surface area contributed by atoms with E-state index in [2.05, 4.69) is 9.97 Å². The van der Waals surface area contributed by atoms with Crippen molar-refractivity contribution in [1.82, 2.24) is 14.9 Å². The van der Waals surface area contributed by atoms with Gasteiger partial charge in [0.25, 0.3) is 0 Å². The fourth-order valence-electron chi connectivity index (χ4n) is 4.19. The molecule has 0 spiro atoms. The first-order valence-electron chi connectivity index (χ1n) is 10.1. The monoisotopic (exact) mass is 410 g/mol. The minimum atomic E-state index is -0.873. The fraction of sp³-hybridized carbons (Fsp3) is 0.429. The zero-order valence-corrected chi connectivity index (χ0v) is 16.5. The number of nitrogens with two attached hydrogens (primary N) is 1. The van der Waals surface area contributed by atoms with Crippen molar-refractivity contribution in [3.63, 3.8) is 0 Å². The number of rotatable bonds is 4. The van der Waals surface area contributed by atoms with E-state index in [0.29, 0.717) is 23.6 Å². The maximum atomic E-state index is 14.1. The molecule has 1 saturated heterocycles. The lowest BCUT2D eigenvalue weighted by Crippen LogP contribution is -2.55. The standard InChI is InChI=1S/C21H23FN6O2/c22-17-9-13(6-7-14(17)11-23)18-10-19(26-20(24)25-18)27-8-2-5-16(12-27)28(21(29)30)15-3-1-4-15/h6-7,9-10,15-16H,1-5,8,12H2,(H,29,30)(H2,24,25,26)/t16-/m1/s1. The number of hydrogen-bond acceptors (Lipinski definition) is 6. The molecule has 8 nitrogen and oxygen atoms in total. The molecule has 3 N–H and O–H groups in total. The van der Waals surface area contributed by atoms with Crippen molar-refractivity contribution in [2.75, 3.05) is 23.7 Å². The summed E-state index contributed by atoms with van der Waals surface area (Å²) in [4.78, 5) is 24.0. The largest absolute Gasteiger partial charge is 0.465 e. The molecule has 1 aromatic heterocycles. The van der Waals surface area contributed by atoms with Gasteiger partial charge in [-0.2, -0.15) is 10.2 Å². The molecule has 0 radical (unpaired) electrons. The Morgan fingerprint density at radius 1 is 1.23 bits per heavy atom. The molecule has 1 aromatic carbocycles. The van der Waals surface area contributed by atoms with Crippen LogP contribution in [0.2, 0.25) is 0 Å². The number of hydrogen-bond donors (Lipinski definition) is 2. The van der Waals surface area contributed by atoms with E-state index < -0.39 is 11.9 Å². The summed E-state index contributed by atoms with van der Waals surface area (Å²) >= 11 is 0. The fourth-order valence-corrected chi connectivity index (χ4v) is 4.19. The SMILES string of the molecule is N#Cc1ccc(-c2cc(N3CCC[C@@H](N(C(=O)O)C4CCC4)C3)nc(N)n2)cc1F. The molecular weight excluding hydrogens is 387 g/mol. The maximum Gasteiger partial charge on any atom is 0.407 e. The van der Waals surface area contributed by atoms with Gasteiger partial charge < -0.3 is 20.6 Å². The molecular formula is C21H23FN6O2. The van der Waals surface area contributed by atoms with Gasteiger partial charge in [-0.15, -0.1) is 0 Å². The molecule has 2 aromatic rings. The Morgan fingerprint density at radius 2 is 2.00 bits per heavy atom. The number of nitriles is 1. The first-order valence-corrected chi connectivity index (χ1v) is 10.1. The van der Waals surface area contributed by atoms with Crippen molar-refractivity contribution in [3.8, 4) is 17.3 Å². The van der Waals surface area contributed by atoms with Gasteiger partial charge in [-0.25, -0.2) is 14.2 Å². The van der Waals surface area contributed by atoms with Crippen LogP contribution in [0.3, 0.4) is 0 Å². The van der Waals surface area contributed by atoms with Crippen molar-refractivity contribution in [2.24, 2.45) is 0 Å².